The maximum absolute atomic E-state index is 12.6. The average molecular weight is 412 g/mol. The summed E-state index contributed by atoms with van der Waals surface area (Å²) >= 11 is 1.45. The molecule has 1 N–H and O–H groups in total. The van der Waals surface area contributed by atoms with E-state index in [9.17, 15) is 4.79 Å². The van der Waals surface area contributed by atoms with Crippen LogP contribution in [0.4, 0.5) is 0 Å². The van der Waals surface area contributed by atoms with Crippen LogP contribution in [0.1, 0.15) is 36.4 Å². The van der Waals surface area contributed by atoms with Crippen LogP contribution in [0.5, 0.6) is 5.75 Å². The van der Waals surface area contributed by atoms with E-state index in [0.717, 1.165) is 56.5 Å². The van der Waals surface area contributed by atoms with Crippen LogP contribution < -0.4 is 10.1 Å². The van der Waals surface area contributed by atoms with Gasteiger partial charge in [0.1, 0.15) is 10.6 Å². The predicted molar refractivity (Wildman–Crippen MR) is 120 cm³/mol. The highest BCUT2D eigenvalue weighted by molar-refractivity contribution is 7.20. The molecule has 0 saturated carbocycles. The predicted octanol–water partition coefficient (Wildman–Crippen LogP) is 4.56. The third-order valence-electron chi connectivity index (χ3n) is 5.62. The van der Waals surface area contributed by atoms with E-state index >= 15 is 0 Å². The minimum absolute atomic E-state index is 0.00461. The zero-order valence-corrected chi connectivity index (χ0v) is 18.2. The lowest BCUT2D eigenvalue weighted by molar-refractivity contribution is 0.0951. The van der Waals surface area contributed by atoms with Crippen molar-refractivity contribution in [2.75, 3.05) is 33.3 Å². The molecule has 29 heavy (non-hydrogen) atoms. The molecule has 0 aliphatic carbocycles. The second-order valence-electron chi connectivity index (χ2n) is 8.37. The van der Waals surface area contributed by atoms with Gasteiger partial charge in [-0.2, -0.15) is 0 Å². The molecule has 4 rings (SSSR count). The van der Waals surface area contributed by atoms with E-state index in [-0.39, 0.29) is 5.91 Å². The Bertz CT molecular complexity index is 1010. The number of fused-ring (bicyclic) bond motifs is 2. The molecule has 2 aromatic heterocycles. The Balaban J connectivity index is 1.36. The van der Waals surface area contributed by atoms with Gasteiger partial charge in [-0.15, -0.1) is 11.3 Å². The zero-order chi connectivity index (χ0) is 20.4. The maximum Gasteiger partial charge on any atom is 0.261 e. The first-order valence-corrected chi connectivity index (χ1v) is 11.2. The molecule has 154 valence electrons. The van der Waals surface area contributed by atoms with Gasteiger partial charge >= 0.3 is 0 Å². The molecule has 0 bridgehead atoms. The van der Waals surface area contributed by atoms with E-state index in [1.54, 1.807) is 7.11 Å². The minimum Gasteiger partial charge on any atom is -0.497 e. The van der Waals surface area contributed by atoms with E-state index in [1.165, 1.54) is 30.8 Å². The molecule has 1 aromatic carbocycles. The third-order valence-corrected chi connectivity index (χ3v) is 6.66. The number of aromatic nitrogens is 1. The number of likely N-dealkylation sites (tertiary alicyclic amines) is 1. The molecule has 0 spiro atoms. The van der Waals surface area contributed by atoms with Crippen LogP contribution in [0.2, 0.25) is 0 Å². The first kappa shape index (κ1) is 20.1. The maximum atomic E-state index is 12.6. The first-order chi connectivity index (χ1) is 14.0. The Hall–Kier alpha value is -2.18. The summed E-state index contributed by atoms with van der Waals surface area (Å²) in [6.07, 6.45) is 2.31. The number of nitrogens with zero attached hydrogens (tertiary/aromatic N) is 2. The summed E-state index contributed by atoms with van der Waals surface area (Å²) in [5.41, 5.74) is 0.885. The summed E-state index contributed by atoms with van der Waals surface area (Å²) in [4.78, 5) is 21.4. The summed E-state index contributed by atoms with van der Waals surface area (Å²) in [6, 6.07) is 9.89. The number of rotatable bonds is 6. The van der Waals surface area contributed by atoms with Crippen molar-refractivity contribution < 1.29 is 9.53 Å². The van der Waals surface area contributed by atoms with Gasteiger partial charge in [0.05, 0.1) is 17.5 Å². The van der Waals surface area contributed by atoms with Gasteiger partial charge in [-0.05, 0) is 55.5 Å². The van der Waals surface area contributed by atoms with Crippen LogP contribution in [0.15, 0.2) is 30.3 Å². The molecule has 2 atom stereocenters. The lowest BCUT2D eigenvalue weighted by Crippen LogP contribution is -2.40. The summed E-state index contributed by atoms with van der Waals surface area (Å²) in [7, 11) is 1.65. The Morgan fingerprint density at radius 2 is 2.00 bits per heavy atom. The molecule has 6 heteroatoms. The van der Waals surface area contributed by atoms with Gasteiger partial charge in [0.2, 0.25) is 0 Å². The fraction of sp³-hybridized carbons (Fsp3) is 0.478. The largest absolute Gasteiger partial charge is 0.497 e. The van der Waals surface area contributed by atoms with E-state index in [1.807, 2.05) is 24.3 Å². The number of ether oxygens (including phenoxy) is 1. The van der Waals surface area contributed by atoms with E-state index < -0.39 is 0 Å². The van der Waals surface area contributed by atoms with Crippen molar-refractivity contribution >= 4 is 38.4 Å². The van der Waals surface area contributed by atoms with Crippen LogP contribution in [0.25, 0.3) is 21.1 Å². The summed E-state index contributed by atoms with van der Waals surface area (Å²) < 4.78 is 5.28. The van der Waals surface area contributed by atoms with Gasteiger partial charge in [-0.1, -0.05) is 13.8 Å². The molecular formula is C23H29N3O2S. The smallest absolute Gasteiger partial charge is 0.261 e. The molecule has 0 unspecified atom stereocenters. The number of thiophene rings is 1. The summed E-state index contributed by atoms with van der Waals surface area (Å²) in [5.74, 6) is 2.33. The van der Waals surface area contributed by atoms with Crippen LogP contribution >= 0.6 is 11.3 Å². The molecule has 3 aromatic rings. The highest BCUT2D eigenvalue weighted by Gasteiger charge is 2.21. The number of carbonyl (C=O) groups excluding carboxylic acids is 1. The first-order valence-electron chi connectivity index (χ1n) is 10.4. The van der Waals surface area contributed by atoms with E-state index in [4.69, 9.17) is 9.72 Å². The number of piperidine rings is 1. The fourth-order valence-electron chi connectivity index (χ4n) is 4.41. The van der Waals surface area contributed by atoms with Gasteiger partial charge in [0.15, 0.2) is 0 Å². The van der Waals surface area contributed by atoms with Gasteiger partial charge in [0, 0.05) is 36.5 Å². The lowest BCUT2D eigenvalue weighted by Gasteiger charge is -2.34. The second-order valence-corrected chi connectivity index (χ2v) is 9.40. The molecule has 1 fully saturated rings. The topological polar surface area (TPSA) is 54.5 Å². The number of pyridine rings is 1. The number of amides is 1. The monoisotopic (exact) mass is 411 g/mol. The fourth-order valence-corrected chi connectivity index (χ4v) is 5.35. The van der Waals surface area contributed by atoms with Crippen LogP contribution in [0, 0.1) is 11.8 Å². The molecule has 3 heterocycles. The van der Waals surface area contributed by atoms with Crippen molar-refractivity contribution in [2.45, 2.75) is 26.7 Å². The number of benzene rings is 1. The Labute approximate surface area is 176 Å². The van der Waals surface area contributed by atoms with Crippen LogP contribution in [0.3, 0.4) is 0 Å². The lowest BCUT2D eigenvalue weighted by atomic mass is 9.92. The molecule has 1 aliphatic rings. The molecule has 1 aliphatic heterocycles. The van der Waals surface area contributed by atoms with Crippen molar-refractivity contribution in [3.05, 3.63) is 35.2 Å². The highest BCUT2D eigenvalue weighted by Crippen LogP contribution is 2.29. The van der Waals surface area contributed by atoms with E-state index in [0.29, 0.717) is 6.54 Å². The summed E-state index contributed by atoms with van der Waals surface area (Å²) in [6.45, 7) is 8.78. The third kappa shape index (κ3) is 4.70. The van der Waals surface area contributed by atoms with Crippen LogP contribution in [-0.4, -0.2) is 49.1 Å². The number of carbonyl (C=O) groups is 1. The molecule has 5 nitrogen and oxygen atoms in total. The second kappa shape index (κ2) is 8.67. The normalized spacial score (nSPS) is 20.2. The molecular weight excluding hydrogens is 382 g/mol. The standard InChI is InChI=1S/C23H29N3O2S/c1-15-9-16(2)14-26(13-15)8-4-7-24-22(27)21-11-18-10-17-5-6-19(28-3)12-20(17)25-23(18)29-21/h5-6,10-12,15-16H,4,7-9,13-14H2,1-3H3,(H,24,27)/t15-,16-/m0/s1. The molecule has 1 saturated heterocycles. The Kier molecular flexibility index (Phi) is 6.01. The van der Waals surface area contributed by atoms with Gasteiger partial charge in [-0.25, -0.2) is 4.98 Å². The number of hydrogen-bond acceptors (Lipinski definition) is 5. The Morgan fingerprint density at radius 1 is 1.21 bits per heavy atom. The zero-order valence-electron chi connectivity index (χ0n) is 17.4. The molecule has 0 radical (unpaired) electrons. The van der Waals surface area contributed by atoms with Crippen molar-refractivity contribution in [2.24, 2.45) is 11.8 Å². The van der Waals surface area contributed by atoms with Gasteiger partial charge < -0.3 is 15.0 Å². The number of hydrogen-bond donors (Lipinski definition) is 1. The SMILES string of the molecule is COc1ccc2cc3cc(C(=O)NCCCN4C[C@@H](C)C[C@H](C)C4)sc3nc2c1. The number of methoxy groups -OCH3 is 1. The quantitative estimate of drug-likeness (QED) is 0.605. The average Bonchev–Trinajstić information content (AvgIpc) is 3.11. The van der Waals surface area contributed by atoms with E-state index in [2.05, 4.69) is 30.1 Å². The highest BCUT2D eigenvalue weighted by atomic mass is 32.1. The number of nitrogens with one attached hydrogen (secondary N) is 1. The Morgan fingerprint density at radius 3 is 2.76 bits per heavy atom. The van der Waals surface area contributed by atoms with Gasteiger partial charge in [-0.3, -0.25) is 4.79 Å². The summed E-state index contributed by atoms with van der Waals surface area (Å²) in [5, 5.41) is 5.14. The van der Waals surface area contributed by atoms with Crippen molar-refractivity contribution in [1.29, 1.82) is 0 Å². The minimum atomic E-state index is -0.00461. The van der Waals surface area contributed by atoms with Crippen molar-refractivity contribution in [1.82, 2.24) is 15.2 Å². The van der Waals surface area contributed by atoms with Crippen LogP contribution in [-0.2, 0) is 0 Å². The van der Waals surface area contributed by atoms with Crippen molar-refractivity contribution in [3.63, 3.8) is 0 Å². The molecule has 1 amide bonds. The van der Waals surface area contributed by atoms with Crippen molar-refractivity contribution in [3.8, 4) is 5.75 Å². The van der Waals surface area contributed by atoms with Gasteiger partial charge in [0.25, 0.3) is 5.91 Å².